The lowest BCUT2D eigenvalue weighted by atomic mass is 9.54. The lowest BCUT2D eigenvalue weighted by Crippen LogP contribution is -2.61. The number of nitrogens with zero attached hydrogens (tertiary/aromatic N) is 1. The van der Waals surface area contributed by atoms with Gasteiger partial charge in [0.25, 0.3) is 0 Å². The molecule has 1 spiro atoms. The van der Waals surface area contributed by atoms with Gasteiger partial charge in [-0.05, 0) is 82.8 Å². The topological polar surface area (TPSA) is 44.4 Å². The number of carbonyl (C=O) groups excluding carboxylic acids is 1. The maximum absolute atomic E-state index is 12.6. The summed E-state index contributed by atoms with van der Waals surface area (Å²) < 4.78 is 0. The summed E-state index contributed by atoms with van der Waals surface area (Å²) in [5.41, 5.74) is 0.712. The zero-order chi connectivity index (χ0) is 16.8. The second kappa shape index (κ2) is 6.28. The van der Waals surface area contributed by atoms with Crippen LogP contribution >= 0.6 is 0 Å². The van der Waals surface area contributed by atoms with E-state index in [1.807, 2.05) is 0 Å². The van der Waals surface area contributed by atoms with Crippen LogP contribution < -0.4 is 10.6 Å². The molecule has 2 aliphatic heterocycles. The molecule has 0 radical (unpaired) electrons. The van der Waals surface area contributed by atoms with Gasteiger partial charge in [0, 0.05) is 24.0 Å². The van der Waals surface area contributed by atoms with Gasteiger partial charge in [0.15, 0.2) is 0 Å². The van der Waals surface area contributed by atoms with Crippen LogP contribution in [0.1, 0.15) is 65.2 Å². The van der Waals surface area contributed by atoms with Gasteiger partial charge in [-0.15, -0.1) is 0 Å². The zero-order valence-corrected chi connectivity index (χ0v) is 15.6. The minimum Gasteiger partial charge on any atom is -0.351 e. The van der Waals surface area contributed by atoms with Gasteiger partial charge in [0.1, 0.15) is 0 Å². The van der Waals surface area contributed by atoms with Crippen molar-refractivity contribution >= 4 is 5.91 Å². The highest BCUT2D eigenvalue weighted by molar-refractivity contribution is 5.79. The molecule has 1 amide bonds. The molecule has 3 atom stereocenters. The fourth-order valence-electron chi connectivity index (χ4n) is 6.03. The van der Waals surface area contributed by atoms with E-state index >= 15 is 0 Å². The Bertz CT molecular complexity index is 473. The maximum atomic E-state index is 12.6. The molecule has 2 N–H and O–H groups in total. The van der Waals surface area contributed by atoms with E-state index in [-0.39, 0.29) is 11.5 Å². The highest BCUT2D eigenvalue weighted by Gasteiger charge is 2.55. The summed E-state index contributed by atoms with van der Waals surface area (Å²) in [5.74, 6) is 1.45. The third-order valence-corrected chi connectivity index (χ3v) is 7.83. The standard InChI is InChI=1S/C20H35N3O/c1-3-16-17(13-20(16)9-10-21-14-20)23-11-5-15(6-12-23)18(24)22-19(2)7-4-8-19/h15-17,21H,3-14H2,1-2H3,(H,22,24). The van der Waals surface area contributed by atoms with Gasteiger partial charge in [-0.2, -0.15) is 0 Å². The van der Waals surface area contributed by atoms with Crippen LogP contribution in [0.4, 0.5) is 0 Å². The van der Waals surface area contributed by atoms with Crippen LogP contribution in [0.2, 0.25) is 0 Å². The molecule has 2 aliphatic carbocycles. The maximum Gasteiger partial charge on any atom is 0.223 e. The van der Waals surface area contributed by atoms with Crippen LogP contribution in [0, 0.1) is 17.3 Å². The Morgan fingerprint density at radius 2 is 2.00 bits per heavy atom. The molecule has 2 saturated heterocycles. The Kier molecular flexibility index (Phi) is 4.41. The summed E-state index contributed by atoms with van der Waals surface area (Å²) in [6, 6.07) is 0.781. The van der Waals surface area contributed by atoms with Gasteiger partial charge in [0.2, 0.25) is 5.91 Å². The van der Waals surface area contributed by atoms with E-state index in [0.29, 0.717) is 11.3 Å². The molecule has 4 nitrogen and oxygen atoms in total. The molecule has 4 aliphatic rings. The van der Waals surface area contributed by atoms with E-state index in [9.17, 15) is 4.79 Å². The minimum atomic E-state index is 0.108. The van der Waals surface area contributed by atoms with Crippen LogP contribution in [0.3, 0.4) is 0 Å². The summed E-state index contributed by atoms with van der Waals surface area (Å²) in [7, 11) is 0. The second-order valence-electron chi connectivity index (χ2n) is 9.29. The average molecular weight is 334 g/mol. The Morgan fingerprint density at radius 3 is 2.54 bits per heavy atom. The van der Waals surface area contributed by atoms with Gasteiger partial charge in [0.05, 0.1) is 0 Å². The predicted molar refractivity (Wildman–Crippen MR) is 96.8 cm³/mol. The van der Waals surface area contributed by atoms with Crippen molar-refractivity contribution in [3.63, 3.8) is 0 Å². The van der Waals surface area contributed by atoms with E-state index in [1.165, 1.54) is 38.8 Å². The van der Waals surface area contributed by atoms with Gasteiger partial charge < -0.3 is 15.5 Å². The van der Waals surface area contributed by atoms with Crippen LogP contribution in [0.5, 0.6) is 0 Å². The van der Waals surface area contributed by atoms with Gasteiger partial charge in [-0.1, -0.05) is 13.3 Å². The number of rotatable bonds is 4. The summed E-state index contributed by atoms with van der Waals surface area (Å²) in [4.78, 5) is 15.3. The van der Waals surface area contributed by atoms with E-state index in [0.717, 1.165) is 50.7 Å². The van der Waals surface area contributed by atoms with E-state index in [2.05, 4.69) is 29.4 Å². The van der Waals surface area contributed by atoms with E-state index in [1.54, 1.807) is 0 Å². The van der Waals surface area contributed by atoms with Crippen LogP contribution in [0.25, 0.3) is 0 Å². The first-order chi connectivity index (χ1) is 11.6. The quantitative estimate of drug-likeness (QED) is 0.831. The first kappa shape index (κ1) is 16.8. The summed E-state index contributed by atoms with van der Waals surface area (Å²) >= 11 is 0. The van der Waals surface area contributed by atoms with Gasteiger partial charge in [-0.3, -0.25) is 4.79 Å². The number of carbonyl (C=O) groups is 1. The average Bonchev–Trinajstić information content (AvgIpc) is 3.03. The molecular formula is C20H35N3O. The molecule has 4 heteroatoms. The van der Waals surface area contributed by atoms with Crippen LogP contribution in [-0.4, -0.2) is 48.6 Å². The molecule has 2 heterocycles. The summed E-state index contributed by atoms with van der Waals surface area (Å²) in [5, 5.41) is 6.91. The fourth-order valence-corrected chi connectivity index (χ4v) is 6.03. The Morgan fingerprint density at radius 1 is 1.25 bits per heavy atom. The van der Waals surface area contributed by atoms with E-state index in [4.69, 9.17) is 0 Å². The lowest BCUT2D eigenvalue weighted by Gasteiger charge is -2.58. The summed E-state index contributed by atoms with van der Waals surface area (Å²) in [6.07, 6.45) is 9.77. The first-order valence-corrected chi connectivity index (χ1v) is 10.3. The van der Waals surface area contributed by atoms with Gasteiger partial charge in [-0.25, -0.2) is 0 Å². The molecular weight excluding hydrogens is 298 g/mol. The largest absolute Gasteiger partial charge is 0.351 e. The highest BCUT2D eigenvalue weighted by atomic mass is 16.2. The molecule has 0 aromatic rings. The van der Waals surface area contributed by atoms with Crippen molar-refractivity contribution in [2.75, 3.05) is 26.2 Å². The number of nitrogens with one attached hydrogen (secondary N) is 2. The monoisotopic (exact) mass is 333 g/mol. The first-order valence-electron chi connectivity index (χ1n) is 10.3. The number of likely N-dealkylation sites (tertiary alicyclic amines) is 1. The number of piperidine rings is 1. The van der Waals surface area contributed by atoms with Gasteiger partial charge >= 0.3 is 0 Å². The molecule has 0 bridgehead atoms. The van der Waals surface area contributed by atoms with Crippen molar-refractivity contribution < 1.29 is 4.79 Å². The Balaban J connectivity index is 1.28. The lowest BCUT2D eigenvalue weighted by molar-refractivity contribution is -0.131. The number of hydrogen-bond donors (Lipinski definition) is 2. The zero-order valence-electron chi connectivity index (χ0n) is 15.6. The number of hydrogen-bond acceptors (Lipinski definition) is 3. The molecule has 3 unspecified atom stereocenters. The molecule has 4 fully saturated rings. The van der Waals surface area contributed by atoms with Crippen molar-refractivity contribution in [2.24, 2.45) is 17.3 Å². The number of amides is 1. The SMILES string of the molecule is CCC1C(N2CCC(C(=O)NC3(C)CCC3)CC2)CC12CCNC2. The van der Waals surface area contributed by atoms with Crippen molar-refractivity contribution in [3.05, 3.63) is 0 Å². The van der Waals surface area contributed by atoms with Crippen LogP contribution in [-0.2, 0) is 4.79 Å². The summed E-state index contributed by atoms with van der Waals surface area (Å²) in [6.45, 7) is 9.28. The fraction of sp³-hybridized carbons (Fsp3) is 0.950. The normalized spacial score (nSPS) is 39.4. The van der Waals surface area contributed by atoms with Crippen LogP contribution in [0.15, 0.2) is 0 Å². The van der Waals surface area contributed by atoms with Crippen molar-refractivity contribution in [1.29, 1.82) is 0 Å². The molecule has 0 aromatic heterocycles. The van der Waals surface area contributed by atoms with Crippen molar-refractivity contribution in [3.8, 4) is 0 Å². The second-order valence-corrected chi connectivity index (χ2v) is 9.29. The van der Waals surface area contributed by atoms with Crippen molar-refractivity contribution in [1.82, 2.24) is 15.5 Å². The molecule has 136 valence electrons. The third-order valence-electron chi connectivity index (χ3n) is 7.83. The predicted octanol–water partition coefficient (Wildman–Crippen LogP) is 2.54. The van der Waals surface area contributed by atoms with E-state index < -0.39 is 0 Å². The highest BCUT2D eigenvalue weighted by Crippen LogP contribution is 2.54. The molecule has 24 heavy (non-hydrogen) atoms. The smallest absolute Gasteiger partial charge is 0.223 e. The molecule has 0 aromatic carbocycles. The molecule has 2 saturated carbocycles. The Labute approximate surface area is 147 Å². The third kappa shape index (κ3) is 2.80. The molecule has 4 rings (SSSR count). The minimum absolute atomic E-state index is 0.108. The Hall–Kier alpha value is -0.610. The van der Waals surface area contributed by atoms with Crippen molar-refractivity contribution in [2.45, 2.75) is 76.8 Å².